The van der Waals surface area contributed by atoms with Crippen molar-refractivity contribution in [3.05, 3.63) is 34.1 Å². The maximum atomic E-state index is 13.8. The van der Waals surface area contributed by atoms with Crippen LogP contribution in [0.3, 0.4) is 0 Å². The standard InChI is InChI=1S/C16H23BrFN/c1-2-19-15(9-12-5-3-4-6-12)11-13-10-14(17)7-8-16(13)18/h7-8,10,12,15,19H,2-6,9,11H2,1H3. The first-order chi connectivity index (χ1) is 9.19. The van der Waals surface area contributed by atoms with E-state index in [1.807, 2.05) is 6.07 Å². The van der Waals surface area contributed by atoms with Crippen LogP contribution in [0.2, 0.25) is 0 Å². The summed E-state index contributed by atoms with van der Waals surface area (Å²) in [5, 5.41) is 3.52. The number of hydrogen-bond donors (Lipinski definition) is 1. The molecule has 0 saturated heterocycles. The van der Waals surface area contributed by atoms with E-state index in [1.165, 1.54) is 32.1 Å². The normalized spacial score (nSPS) is 17.8. The van der Waals surface area contributed by atoms with Crippen molar-refractivity contribution >= 4 is 15.9 Å². The van der Waals surface area contributed by atoms with Crippen molar-refractivity contribution in [2.75, 3.05) is 6.54 Å². The molecule has 0 aromatic heterocycles. The Hall–Kier alpha value is -0.410. The predicted octanol–water partition coefficient (Wildman–Crippen LogP) is 4.69. The van der Waals surface area contributed by atoms with Crippen molar-refractivity contribution in [2.45, 2.75) is 51.5 Å². The van der Waals surface area contributed by atoms with E-state index in [4.69, 9.17) is 0 Å². The van der Waals surface area contributed by atoms with E-state index in [-0.39, 0.29) is 5.82 Å². The van der Waals surface area contributed by atoms with Gasteiger partial charge in [-0.25, -0.2) is 4.39 Å². The lowest BCUT2D eigenvalue weighted by Crippen LogP contribution is -2.33. The van der Waals surface area contributed by atoms with Gasteiger partial charge in [0.15, 0.2) is 0 Å². The van der Waals surface area contributed by atoms with Gasteiger partial charge >= 0.3 is 0 Å². The van der Waals surface area contributed by atoms with Crippen LogP contribution in [0.4, 0.5) is 4.39 Å². The lowest BCUT2D eigenvalue weighted by molar-refractivity contribution is 0.387. The SMILES string of the molecule is CCNC(Cc1cc(Br)ccc1F)CC1CCCC1. The molecule has 1 aromatic rings. The molecule has 1 unspecified atom stereocenters. The van der Waals surface area contributed by atoms with E-state index in [0.717, 1.165) is 28.9 Å². The minimum absolute atomic E-state index is 0.0856. The zero-order chi connectivity index (χ0) is 13.7. The predicted molar refractivity (Wildman–Crippen MR) is 81.8 cm³/mol. The van der Waals surface area contributed by atoms with Crippen molar-refractivity contribution in [3.8, 4) is 0 Å². The largest absolute Gasteiger partial charge is 0.314 e. The van der Waals surface area contributed by atoms with E-state index in [9.17, 15) is 4.39 Å². The van der Waals surface area contributed by atoms with Gasteiger partial charge in [0.25, 0.3) is 0 Å². The van der Waals surface area contributed by atoms with Gasteiger partial charge in [-0.2, -0.15) is 0 Å². The van der Waals surface area contributed by atoms with E-state index >= 15 is 0 Å². The average Bonchev–Trinajstić information content (AvgIpc) is 2.87. The average molecular weight is 328 g/mol. The minimum Gasteiger partial charge on any atom is -0.314 e. The summed E-state index contributed by atoms with van der Waals surface area (Å²) in [5.74, 6) is 0.747. The van der Waals surface area contributed by atoms with Crippen molar-refractivity contribution in [1.82, 2.24) is 5.32 Å². The van der Waals surface area contributed by atoms with Gasteiger partial charge < -0.3 is 5.32 Å². The first kappa shape index (κ1) is 15.0. The molecule has 2 rings (SSSR count). The zero-order valence-corrected chi connectivity index (χ0v) is 13.2. The van der Waals surface area contributed by atoms with Crippen molar-refractivity contribution in [1.29, 1.82) is 0 Å². The smallest absolute Gasteiger partial charge is 0.126 e. The third-order valence-corrected chi connectivity index (χ3v) is 4.55. The highest BCUT2D eigenvalue weighted by molar-refractivity contribution is 9.10. The minimum atomic E-state index is -0.0856. The number of benzene rings is 1. The Morgan fingerprint density at radius 1 is 1.37 bits per heavy atom. The number of nitrogens with one attached hydrogen (secondary N) is 1. The molecule has 1 saturated carbocycles. The maximum absolute atomic E-state index is 13.8. The fourth-order valence-corrected chi connectivity index (χ4v) is 3.55. The van der Waals surface area contributed by atoms with Crippen LogP contribution in [-0.2, 0) is 6.42 Å². The van der Waals surface area contributed by atoms with Crippen molar-refractivity contribution in [2.24, 2.45) is 5.92 Å². The Morgan fingerprint density at radius 3 is 2.79 bits per heavy atom. The lowest BCUT2D eigenvalue weighted by Gasteiger charge is -2.22. The fraction of sp³-hybridized carbons (Fsp3) is 0.625. The summed E-state index contributed by atoms with van der Waals surface area (Å²) >= 11 is 3.43. The molecule has 1 aromatic carbocycles. The maximum Gasteiger partial charge on any atom is 0.126 e. The third-order valence-electron chi connectivity index (χ3n) is 4.06. The molecular formula is C16H23BrFN. The Kier molecular flexibility index (Phi) is 5.83. The molecule has 1 aliphatic carbocycles. The van der Waals surface area contributed by atoms with Crippen molar-refractivity contribution in [3.63, 3.8) is 0 Å². The summed E-state index contributed by atoms with van der Waals surface area (Å²) in [7, 11) is 0. The second-order valence-corrected chi connectivity index (χ2v) is 6.50. The summed E-state index contributed by atoms with van der Waals surface area (Å²) < 4.78 is 14.8. The van der Waals surface area contributed by atoms with Crippen LogP contribution in [0.1, 0.15) is 44.6 Å². The quantitative estimate of drug-likeness (QED) is 0.799. The molecule has 0 radical (unpaired) electrons. The molecule has 3 heteroatoms. The number of halogens is 2. The molecule has 106 valence electrons. The van der Waals surface area contributed by atoms with Gasteiger partial charge in [-0.05, 0) is 49.1 Å². The Labute approximate surface area is 124 Å². The van der Waals surface area contributed by atoms with Gasteiger partial charge in [0.05, 0.1) is 0 Å². The molecule has 0 spiro atoms. The molecule has 1 atom stereocenters. The zero-order valence-electron chi connectivity index (χ0n) is 11.6. The molecule has 1 aliphatic rings. The van der Waals surface area contributed by atoms with Crippen LogP contribution in [0.5, 0.6) is 0 Å². The molecule has 1 fully saturated rings. The molecule has 0 bridgehead atoms. The topological polar surface area (TPSA) is 12.0 Å². The van der Waals surface area contributed by atoms with Crippen LogP contribution >= 0.6 is 15.9 Å². The lowest BCUT2D eigenvalue weighted by atomic mass is 9.93. The first-order valence-electron chi connectivity index (χ1n) is 7.36. The molecule has 1 nitrogen and oxygen atoms in total. The second kappa shape index (κ2) is 7.39. The fourth-order valence-electron chi connectivity index (χ4n) is 3.14. The summed E-state index contributed by atoms with van der Waals surface area (Å²) in [6, 6.07) is 5.63. The third kappa shape index (κ3) is 4.57. The van der Waals surface area contributed by atoms with E-state index in [1.54, 1.807) is 12.1 Å². The molecular weight excluding hydrogens is 305 g/mol. The Morgan fingerprint density at radius 2 is 2.11 bits per heavy atom. The Balaban J connectivity index is 2.00. The van der Waals surface area contributed by atoms with Gasteiger partial charge in [0.1, 0.15) is 5.82 Å². The Bertz CT molecular complexity index is 402. The summed E-state index contributed by atoms with van der Waals surface area (Å²) in [5.41, 5.74) is 0.818. The highest BCUT2D eigenvalue weighted by Gasteiger charge is 2.20. The first-order valence-corrected chi connectivity index (χ1v) is 8.15. The van der Waals surface area contributed by atoms with Crippen molar-refractivity contribution < 1.29 is 4.39 Å². The van der Waals surface area contributed by atoms with Crippen LogP contribution in [0, 0.1) is 11.7 Å². The second-order valence-electron chi connectivity index (χ2n) is 5.58. The van der Waals surface area contributed by atoms with Crippen LogP contribution in [-0.4, -0.2) is 12.6 Å². The van der Waals surface area contributed by atoms with Gasteiger partial charge in [0, 0.05) is 10.5 Å². The number of rotatable bonds is 6. The van der Waals surface area contributed by atoms with E-state index in [0.29, 0.717) is 6.04 Å². The van der Waals surface area contributed by atoms with Crippen LogP contribution < -0.4 is 5.32 Å². The van der Waals surface area contributed by atoms with Crippen LogP contribution in [0.15, 0.2) is 22.7 Å². The van der Waals surface area contributed by atoms with Gasteiger partial charge in [0.2, 0.25) is 0 Å². The highest BCUT2D eigenvalue weighted by atomic mass is 79.9. The summed E-state index contributed by atoms with van der Waals surface area (Å²) in [6.07, 6.45) is 7.41. The summed E-state index contributed by atoms with van der Waals surface area (Å²) in [6.45, 7) is 3.08. The van der Waals surface area contributed by atoms with Crippen LogP contribution in [0.25, 0.3) is 0 Å². The summed E-state index contributed by atoms with van der Waals surface area (Å²) in [4.78, 5) is 0. The molecule has 19 heavy (non-hydrogen) atoms. The molecule has 0 amide bonds. The molecule has 1 N–H and O–H groups in total. The molecule has 0 aliphatic heterocycles. The highest BCUT2D eigenvalue weighted by Crippen LogP contribution is 2.29. The van der Waals surface area contributed by atoms with E-state index in [2.05, 4.69) is 28.2 Å². The number of hydrogen-bond acceptors (Lipinski definition) is 1. The van der Waals surface area contributed by atoms with E-state index < -0.39 is 0 Å². The van der Waals surface area contributed by atoms with Gasteiger partial charge in [-0.3, -0.25) is 0 Å². The monoisotopic (exact) mass is 327 g/mol. The number of likely N-dealkylation sites (N-methyl/N-ethyl adjacent to an activating group) is 1. The van der Waals surface area contributed by atoms with Gasteiger partial charge in [-0.1, -0.05) is 48.5 Å². The van der Waals surface area contributed by atoms with Gasteiger partial charge in [-0.15, -0.1) is 0 Å². The molecule has 0 heterocycles.